The molecule has 0 spiro atoms. The standard InChI is InChI=1S/C11H20O6Si/c1-5-9(18(14-2,15-3)16-4)8-6-7-10(12)17-11(8)13/h8-9H,5-7H2,1-4H3. The number of carbonyl (C=O) groups excluding carboxylic acids is 2. The molecular weight excluding hydrogens is 256 g/mol. The first-order valence-electron chi connectivity index (χ1n) is 5.94. The number of hydrogen-bond acceptors (Lipinski definition) is 6. The molecule has 0 aromatic rings. The third kappa shape index (κ3) is 2.80. The van der Waals surface area contributed by atoms with Gasteiger partial charge in [0.1, 0.15) is 0 Å². The van der Waals surface area contributed by atoms with E-state index < -0.39 is 26.7 Å². The molecule has 2 unspecified atom stereocenters. The summed E-state index contributed by atoms with van der Waals surface area (Å²) in [4.78, 5) is 22.9. The predicted octanol–water partition coefficient (Wildman–Crippen LogP) is 1.12. The lowest BCUT2D eigenvalue weighted by atomic mass is 9.95. The van der Waals surface area contributed by atoms with Gasteiger partial charge in [-0.2, -0.15) is 0 Å². The van der Waals surface area contributed by atoms with Crippen molar-refractivity contribution in [1.82, 2.24) is 0 Å². The zero-order valence-electron chi connectivity index (χ0n) is 11.2. The lowest BCUT2D eigenvalue weighted by Crippen LogP contribution is -2.52. The van der Waals surface area contributed by atoms with Crippen LogP contribution in [-0.2, 0) is 27.6 Å². The molecule has 18 heavy (non-hydrogen) atoms. The van der Waals surface area contributed by atoms with Crippen LogP contribution < -0.4 is 0 Å². The maximum absolute atomic E-state index is 11.8. The van der Waals surface area contributed by atoms with Crippen molar-refractivity contribution < 1.29 is 27.6 Å². The van der Waals surface area contributed by atoms with Gasteiger partial charge in [0.2, 0.25) is 0 Å². The molecule has 1 rings (SSSR count). The van der Waals surface area contributed by atoms with Crippen LogP contribution in [0.5, 0.6) is 0 Å². The SMILES string of the molecule is CCC(C1CCC(=O)OC1=O)[Si](OC)(OC)OC. The first-order chi connectivity index (χ1) is 8.54. The second kappa shape index (κ2) is 6.42. The van der Waals surface area contributed by atoms with E-state index in [2.05, 4.69) is 4.74 Å². The fraction of sp³-hybridized carbons (Fsp3) is 0.818. The van der Waals surface area contributed by atoms with Gasteiger partial charge in [-0.05, 0) is 12.8 Å². The number of rotatable bonds is 6. The van der Waals surface area contributed by atoms with Gasteiger partial charge in [-0.15, -0.1) is 0 Å². The molecule has 1 fully saturated rings. The summed E-state index contributed by atoms with van der Waals surface area (Å²) in [7, 11) is 1.64. The summed E-state index contributed by atoms with van der Waals surface area (Å²) in [5, 5.41) is 0. The summed E-state index contributed by atoms with van der Waals surface area (Å²) >= 11 is 0. The van der Waals surface area contributed by atoms with E-state index in [1.807, 2.05) is 6.92 Å². The van der Waals surface area contributed by atoms with Crippen molar-refractivity contribution in [3.8, 4) is 0 Å². The average Bonchev–Trinajstić information content (AvgIpc) is 2.38. The number of carbonyl (C=O) groups is 2. The van der Waals surface area contributed by atoms with Crippen LogP contribution in [-0.4, -0.2) is 42.1 Å². The van der Waals surface area contributed by atoms with E-state index in [1.54, 1.807) is 0 Å². The Morgan fingerprint density at radius 3 is 2.22 bits per heavy atom. The van der Waals surface area contributed by atoms with Gasteiger partial charge in [-0.25, -0.2) is 0 Å². The molecule has 1 heterocycles. The summed E-state index contributed by atoms with van der Waals surface area (Å²) in [5.41, 5.74) is -0.196. The van der Waals surface area contributed by atoms with Gasteiger partial charge in [-0.1, -0.05) is 6.92 Å². The van der Waals surface area contributed by atoms with Crippen LogP contribution in [0.15, 0.2) is 0 Å². The summed E-state index contributed by atoms with van der Waals surface area (Å²) in [6.45, 7) is 1.94. The Morgan fingerprint density at radius 1 is 1.28 bits per heavy atom. The van der Waals surface area contributed by atoms with Gasteiger partial charge in [0.15, 0.2) is 0 Å². The Labute approximate surface area is 108 Å². The molecule has 1 aliphatic rings. The summed E-state index contributed by atoms with van der Waals surface area (Å²) < 4.78 is 20.9. The molecule has 1 aliphatic heterocycles. The maximum atomic E-state index is 11.8. The predicted molar refractivity (Wildman–Crippen MR) is 64.6 cm³/mol. The maximum Gasteiger partial charge on any atom is 0.504 e. The highest BCUT2D eigenvalue weighted by Crippen LogP contribution is 2.39. The molecule has 0 aromatic carbocycles. The largest absolute Gasteiger partial charge is 0.504 e. The minimum atomic E-state index is -2.91. The molecule has 1 saturated heterocycles. The zero-order valence-corrected chi connectivity index (χ0v) is 12.2. The Kier molecular flexibility index (Phi) is 5.45. The quantitative estimate of drug-likeness (QED) is 0.411. The first-order valence-corrected chi connectivity index (χ1v) is 7.74. The molecular formula is C11H20O6Si. The van der Waals surface area contributed by atoms with Crippen LogP contribution in [0, 0.1) is 5.92 Å². The van der Waals surface area contributed by atoms with Crippen LogP contribution >= 0.6 is 0 Å². The average molecular weight is 276 g/mol. The van der Waals surface area contributed by atoms with Crippen LogP contribution in [0.2, 0.25) is 5.54 Å². The van der Waals surface area contributed by atoms with Crippen LogP contribution in [0.1, 0.15) is 26.2 Å². The van der Waals surface area contributed by atoms with Gasteiger partial charge >= 0.3 is 20.7 Å². The molecule has 0 saturated carbocycles. The third-order valence-corrected chi connectivity index (χ3v) is 6.84. The normalized spacial score (nSPS) is 22.8. The van der Waals surface area contributed by atoms with Gasteiger partial charge in [0, 0.05) is 33.3 Å². The molecule has 2 atom stereocenters. The molecule has 0 radical (unpaired) electrons. The molecule has 0 aliphatic carbocycles. The van der Waals surface area contributed by atoms with E-state index in [0.717, 1.165) is 0 Å². The van der Waals surface area contributed by atoms with Crippen LogP contribution in [0.3, 0.4) is 0 Å². The number of hydrogen-bond donors (Lipinski definition) is 0. The second-order valence-electron chi connectivity index (χ2n) is 4.17. The van der Waals surface area contributed by atoms with Crippen molar-refractivity contribution in [2.45, 2.75) is 31.7 Å². The monoisotopic (exact) mass is 276 g/mol. The molecule has 104 valence electrons. The fourth-order valence-corrected chi connectivity index (χ4v) is 5.18. The molecule has 7 heteroatoms. The van der Waals surface area contributed by atoms with E-state index >= 15 is 0 Å². The van der Waals surface area contributed by atoms with Gasteiger partial charge in [0.25, 0.3) is 0 Å². The Bertz CT molecular complexity index is 306. The van der Waals surface area contributed by atoms with E-state index in [0.29, 0.717) is 12.8 Å². The summed E-state index contributed by atoms with van der Waals surface area (Å²) in [5.74, 6) is -1.37. The van der Waals surface area contributed by atoms with E-state index in [-0.39, 0.29) is 12.0 Å². The first kappa shape index (κ1) is 15.3. The highest BCUT2D eigenvalue weighted by molar-refractivity contribution is 6.62. The second-order valence-corrected chi connectivity index (χ2v) is 7.34. The minimum absolute atomic E-state index is 0.196. The van der Waals surface area contributed by atoms with Crippen molar-refractivity contribution in [3.63, 3.8) is 0 Å². The number of ether oxygens (including phenoxy) is 1. The van der Waals surface area contributed by atoms with Crippen LogP contribution in [0.4, 0.5) is 0 Å². The topological polar surface area (TPSA) is 71.1 Å². The van der Waals surface area contributed by atoms with E-state index in [9.17, 15) is 9.59 Å². The highest BCUT2D eigenvalue weighted by Gasteiger charge is 2.53. The Balaban J connectivity index is 2.94. The van der Waals surface area contributed by atoms with Crippen molar-refractivity contribution in [2.75, 3.05) is 21.3 Å². The lowest BCUT2D eigenvalue weighted by Gasteiger charge is -2.36. The van der Waals surface area contributed by atoms with Crippen molar-refractivity contribution >= 4 is 20.7 Å². The highest BCUT2D eigenvalue weighted by atomic mass is 28.4. The van der Waals surface area contributed by atoms with Gasteiger partial charge < -0.3 is 18.0 Å². The number of cyclic esters (lactones) is 2. The number of esters is 2. The van der Waals surface area contributed by atoms with Crippen molar-refractivity contribution in [2.24, 2.45) is 5.92 Å². The zero-order chi connectivity index (χ0) is 13.8. The Hall–Kier alpha value is -0.763. The minimum Gasteiger partial charge on any atom is -0.393 e. The Morgan fingerprint density at radius 2 is 1.83 bits per heavy atom. The molecule has 0 bridgehead atoms. The summed E-state index contributed by atoms with van der Waals surface area (Å²) in [6.07, 6.45) is 1.37. The lowest BCUT2D eigenvalue weighted by molar-refractivity contribution is -0.168. The molecule has 0 aromatic heterocycles. The van der Waals surface area contributed by atoms with Gasteiger partial charge in [-0.3, -0.25) is 9.59 Å². The third-order valence-electron chi connectivity index (χ3n) is 3.41. The van der Waals surface area contributed by atoms with Crippen LogP contribution in [0.25, 0.3) is 0 Å². The van der Waals surface area contributed by atoms with Crippen molar-refractivity contribution in [3.05, 3.63) is 0 Å². The fourth-order valence-electron chi connectivity index (χ4n) is 2.48. The van der Waals surface area contributed by atoms with Crippen molar-refractivity contribution in [1.29, 1.82) is 0 Å². The van der Waals surface area contributed by atoms with E-state index in [4.69, 9.17) is 13.3 Å². The smallest absolute Gasteiger partial charge is 0.393 e. The van der Waals surface area contributed by atoms with Gasteiger partial charge in [0.05, 0.1) is 5.92 Å². The molecule has 0 N–H and O–H groups in total. The molecule has 0 amide bonds. The summed E-state index contributed by atoms with van der Waals surface area (Å²) in [6, 6.07) is 0. The molecule has 6 nitrogen and oxygen atoms in total. The van der Waals surface area contributed by atoms with E-state index in [1.165, 1.54) is 21.3 Å².